The maximum Gasteiger partial charge on any atom is 0.342 e. The predicted octanol–water partition coefficient (Wildman–Crippen LogP) is 6.06. The molecule has 7 rings (SSSR count). The molecule has 334 valence electrons. The summed E-state index contributed by atoms with van der Waals surface area (Å²) in [5.41, 5.74) is 1.25. The fourth-order valence-corrected chi connectivity index (χ4v) is 8.30. The number of ketones is 2. The number of hydrogen-bond acceptors (Lipinski definition) is 15. The molecule has 0 spiro atoms. The lowest BCUT2D eigenvalue weighted by Gasteiger charge is -2.21. The van der Waals surface area contributed by atoms with Crippen molar-refractivity contribution >= 4 is 35.7 Å². The van der Waals surface area contributed by atoms with Crippen molar-refractivity contribution < 1.29 is 72.4 Å². The zero-order chi connectivity index (χ0) is 44.6. The Kier molecular flexibility index (Phi) is 15.4. The van der Waals surface area contributed by atoms with E-state index in [0.29, 0.717) is 46.8 Å². The molecular weight excluding hydrogens is 805 g/mol. The molecule has 0 unspecified atom stereocenters. The highest BCUT2D eigenvalue weighted by atomic mass is 16.8. The number of phenols is 1. The summed E-state index contributed by atoms with van der Waals surface area (Å²) >= 11 is 0. The molecule has 2 aromatic rings. The summed E-state index contributed by atoms with van der Waals surface area (Å²) in [6, 6.07) is 6.30. The fraction of sp³-hybridized carbons (Fsp3) is 0.489. The van der Waals surface area contributed by atoms with Crippen LogP contribution in [0, 0.1) is 11.8 Å². The molecule has 1 saturated heterocycles. The number of rotatable bonds is 5. The van der Waals surface area contributed by atoms with E-state index in [9.17, 15) is 34.5 Å². The normalized spacial score (nSPS) is 30.4. The average molecular weight is 861 g/mol. The molecule has 2 saturated carbocycles. The number of carbonyl (C=O) groups excluding carboxylic acids is 4. The molecule has 15 heteroatoms. The van der Waals surface area contributed by atoms with Gasteiger partial charge in [-0.2, -0.15) is 0 Å². The van der Waals surface area contributed by atoms with Crippen molar-refractivity contribution in [3.8, 4) is 23.0 Å². The molecular formula is C47H56O15. The predicted molar refractivity (Wildman–Crippen MR) is 225 cm³/mol. The molecule has 0 bridgehead atoms. The molecule has 3 aliphatic heterocycles. The number of hydrogen-bond donors (Lipinski definition) is 3. The van der Waals surface area contributed by atoms with Crippen molar-refractivity contribution in [2.75, 3.05) is 28.1 Å². The third-order valence-electron chi connectivity index (χ3n) is 11.4. The van der Waals surface area contributed by atoms with Crippen LogP contribution in [0.15, 0.2) is 60.7 Å². The Morgan fingerprint density at radius 3 is 1.85 bits per heavy atom. The zero-order valence-electron chi connectivity index (χ0n) is 35.7. The van der Waals surface area contributed by atoms with Crippen molar-refractivity contribution in [1.82, 2.24) is 0 Å². The minimum absolute atomic E-state index is 0.00912. The number of fused-ring (bicyclic) bond motifs is 5. The zero-order valence-corrected chi connectivity index (χ0v) is 35.7. The van der Waals surface area contributed by atoms with Crippen LogP contribution in [0.2, 0.25) is 0 Å². The lowest BCUT2D eigenvalue weighted by molar-refractivity contribution is -0.152. The second kappa shape index (κ2) is 20.7. The molecule has 2 aliphatic carbocycles. The van der Waals surface area contributed by atoms with Crippen molar-refractivity contribution in [3.63, 3.8) is 0 Å². The minimum Gasteiger partial charge on any atom is -0.507 e. The SMILES string of the molecule is COCOc1cc(OC)cc2c1C(=O)O[C@@H]1CCC[C@H]1/C=C\C(=O)[C@H]1OC(C)(C)O[C@H]1C/C=C/2.COc1cc(O)c2c(c1)/C=C/C[C@H](O)[C@H](O)C(=O)/C=C\[C@@H]1CCC[C@H]1OC2=O. The van der Waals surface area contributed by atoms with Crippen molar-refractivity contribution in [2.45, 2.75) is 108 Å². The summed E-state index contributed by atoms with van der Waals surface area (Å²) in [7, 11) is 4.49. The molecule has 0 aromatic heterocycles. The highest BCUT2D eigenvalue weighted by molar-refractivity contribution is 5.98. The van der Waals surface area contributed by atoms with Gasteiger partial charge < -0.3 is 53.2 Å². The first-order chi connectivity index (χ1) is 29.7. The largest absolute Gasteiger partial charge is 0.507 e. The van der Waals surface area contributed by atoms with Gasteiger partial charge in [-0.15, -0.1) is 0 Å². The molecule has 0 amide bonds. The Morgan fingerprint density at radius 1 is 0.677 bits per heavy atom. The van der Waals surface area contributed by atoms with Gasteiger partial charge in [-0.1, -0.05) is 36.5 Å². The number of aliphatic hydroxyl groups is 2. The highest BCUT2D eigenvalue weighted by Crippen LogP contribution is 2.38. The summed E-state index contributed by atoms with van der Waals surface area (Å²) < 4.78 is 44.8. The number of carbonyl (C=O) groups is 4. The summed E-state index contributed by atoms with van der Waals surface area (Å²) in [6.07, 6.45) is 13.3. The quantitative estimate of drug-likeness (QED) is 0.231. The monoisotopic (exact) mass is 860 g/mol. The minimum atomic E-state index is -1.54. The topological polar surface area (TPSA) is 203 Å². The molecule has 3 heterocycles. The van der Waals surface area contributed by atoms with E-state index in [-0.39, 0.29) is 48.2 Å². The van der Waals surface area contributed by atoms with Crippen LogP contribution in [-0.2, 0) is 33.3 Å². The molecule has 2 aromatic carbocycles. The van der Waals surface area contributed by atoms with Gasteiger partial charge in [0, 0.05) is 31.1 Å². The summed E-state index contributed by atoms with van der Waals surface area (Å²) in [4.78, 5) is 51.2. The van der Waals surface area contributed by atoms with Crippen LogP contribution in [0.1, 0.15) is 97.1 Å². The van der Waals surface area contributed by atoms with Crippen LogP contribution in [-0.4, -0.2) is 109 Å². The third-order valence-corrected chi connectivity index (χ3v) is 11.4. The highest BCUT2D eigenvalue weighted by Gasteiger charge is 2.44. The van der Waals surface area contributed by atoms with E-state index in [1.54, 1.807) is 57.4 Å². The maximum atomic E-state index is 13.4. The number of methoxy groups -OCH3 is 3. The Morgan fingerprint density at radius 2 is 1.24 bits per heavy atom. The number of phenolic OH excluding ortho intramolecular Hbond substituents is 1. The lowest BCUT2D eigenvalue weighted by Crippen LogP contribution is -2.32. The third kappa shape index (κ3) is 11.2. The average Bonchev–Trinajstić information content (AvgIpc) is 3.97. The summed E-state index contributed by atoms with van der Waals surface area (Å²) in [6.45, 7) is 3.57. The number of aliphatic hydroxyl groups excluding tert-OH is 2. The first-order valence-corrected chi connectivity index (χ1v) is 20.9. The first-order valence-electron chi connectivity index (χ1n) is 20.9. The Bertz CT molecular complexity index is 2080. The number of aromatic hydroxyl groups is 1. The van der Waals surface area contributed by atoms with Gasteiger partial charge >= 0.3 is 11.9 Å². The lowest BCUT2D eigenvalue weighted by atomic mass is 9.99. The van der Waals surface area contributed by atoms with Crippen LogP contribution < -0.4 is 14.2 Å². The molecule has 8 atom stereocenters. The van der Waals surface area contributed by atoms with Gasteiger partial charge in [0.25, 0.3) is 0 Å². The van der Waals surface area contributed by atoms with Gasteiger partial charge in [0.1, 0.15) is 58.5 Å². The second-order valence-electron chi connectivity index (χ2n) is 16.2. The van der Waals surface area contributed by atoms with Crippen LogP contribution in [0.3, 0.4) is 0 Å². The van der Waals surface area contributed by atoms with Crippen molar-refractivity contribution in [1.29, 1.82) is 0 Å². The van der Waals surface area contributed by atoms with Gasteiger partial charge in [0.05, 0.1) is 26.4 Å². The van der Waals surface area contributed by atoms with E-state index >= 15 is 0 Å². The molecule has 3 fully saturated rings. The Labute approximate surface area is 360 Å². The van der Waals surface area contributed by atoms with Crippen molar-refractivity contribution in [2.24, 2.45) is 11.8 Å². The molecule has 3 N–H and O–H groups in total. The van der Waals surface area contributed by atoms with Crippen molar-refractivity contribution in [3.05, 3.63) is 83.0 Å². The van der Waals surface area contributed by atoms with Gasteiger partial charge in [0.2, 0.25) is 0 Å². The van der Waals surface area contributed by atoms with Crippen LogP contribution in [0.25, 0.3) is 12.2 Å². The fourth-order valence-electron chi connectivity index (χ4n) is 8.30. The van der Waals surface area contributed by atoms with Gasteiger partial charge in [-0.25, -0.2) is 9.59 Å². The van der Waals surface area contributed by atoms with Crippen LogP contribution in [0.5, 0.6) is 23.0 Å². The number of esters is 2. The maximum absolute atomic E-state index is 13.4. The second-order valence-corrected chi connectivity index (χ2v) is 16.2. The molecule has 15 nitrogen and oxygen atoms in total. The van der Waals surface area contributed by atoms with E-state index in [4.69, 9.17) is 37.9 Å². The van der Waals surface area contributed by atoms with E-state index < -0.39 is 54.0 Å². The number of benzene rings is 2. The first kappa shape index (κ1) is 46.2. The summed E-state index contributed by atoms with van der Waals surface area (Å²) in [5.74, 6) is -2.02. The van der Waals surface area contributed by atoms with E-state index in [1.165, 1.54) is 38.5 Å². The van der Waals surface area contributed by atoms with Gasteiger partial charge in [-0.05, 0) is 101 Å². The molecule has 0 radical (unpaired) electrons. The van der Waals surface area contributed by atoms with E-state index in [0.717, 1.165) is 32.1 Å². The van der Waals surface area contributed by atoms with Crippen LogP contribution in [0.4, 0.5) is 0 Å². The van der Waals surface area contributed by atoms with E-state index in [2.05, 4.69) is 0 Å². The standard InChI is InChI=1S/C26H32O8.C21H24O7/c1-26(2)33-21-10-6-8-17-13-18(30-4)14-22(31-15-29-3)23(17)25(28)32-20-9-5-7-16(20)11-12-19(27)24(21)34-26;1-27-14-10-13-5-2-6-15(22)20(25)16(23)9-8-12-4-3-7-18(12)28-21(26)19(13)17(24)11-14/h6,8,11-14,16,20-21,24H,5,7,9-10,15H2,1-4H3;2,5,8-12,15,18,20,22,24-25H,3-4,6-7H2,1H3/b8-6+,12-11-;5-2+,9-8-/t16-,20+,21-,24+;12-,15-,18+,20-/m00/s1. The Balaban J connectivity index is 0.000000211. The smallest absolute Gasteiger partial charge is 0.342 e. The Hall–Kier alpha value is -5.32. The molecule has 62 heavy (non-hydrogen) atoms. The molecule has 5 aliphatic rings. The number of ether oxygens (including phenoxy) is 8. The van der Waals surface area contributed by atoms with Gasteiger partial charge in [-0.3, -0.25) is 9.59 Å². The van der Waals surface area contributed by atoms with Crippen LogP contribution >= 0.6 is 0 Å². The van der Waals surface area contributed by atoms with E-state index in [1.807, 2.05) is 12.2 Å². The van der Waals surface area contributed by atoms with Gasteiger partial charge in [0.15, 0.2) is 24.1 Å². The summed E-state index contributed by atoms with van der Waals surface area (Å²) in [5, 5.41) is 30.5.